The van der Waals surface area contributed by atoms with Gasteiger partial charge in [-0.05, 0) is 37.6 Å². The highest BCUT2D eigenvalue weighted by Gasteiger charge is 2.16. The molecule has 2 aromatic heterocycles. The Bertz CT molecular complexity index is 866. The van der Waals surface area contributed by atoms with Crippen LogP contribution in [0.5, 0.6) is 0 Å². The van der Waals surface area contributed by atoms with Gasteiger partial charge < -0.3 is 4.57 Å². The molecule has 0 atom stereocenters. The number of aromatic nitrogens is 4. The molecule has 0 amide bonds. The molecular formula is C15H13ClF4N4. The number of aryl methyl sites for hydroxylation is 2. The van der Waals surface area contributed by atoms with Gasteiger partial charge in [-0.1, -0.05) is 0 Å². The molecule has 0 bridgehead atoms. The minimum Gasteiger partial charge on any atom is -0.328 e. The van der Waals surface area contributed by atoms with Gasteiger partial charge in [-0.3, -0.25) is 0 Å². The minimum absolute atomic E-state index is 0.0303. The molecular weight excluding hydrogens is 348 g/mol. The summed E-state index contributed by atoms with van der Waals surface area (Å²) in [5, 5.41) is -0.0907. The summed E-state index contributed by atoms with van der Waals surface area (Å²) in [5.41, 5.74) is 1.13. The Morgan fingerprint density at radius 1 is 1.12 bits per heavy atom. The third-order valence-corrected chi connectivity index (χ3v) is 3.48. The number of hydrogen-bond donors (Lipinski definition) is 0. The van der Waals surface area contributed by atoms with Gasteiger partial charge in [0, 0.05) is 12.1 Å². The van der Waals surface area contributed by atoms with Crippen molar-refractivity contribution in [3.8, 4) is 11.3 Å². The van der Waals surface area contributed by atoms with E-state index >= 15 is 0 Å². The van der Waals surface area contributed by atoms with Crippen LogP contribution in [0, 0.1) is 18.6 Å². The molecule has 1 aromatic carbocycles. The van der Waals surface area contributed by atoms with E-state index < -0.39 is 18.6 Å². The summed E-state index contributed by atoms with van der Waals surface area (Å²) in [7, 11) is 0. The predicted octanol–water partition coefficient (Wildman–Crippen LogP) is 4.64. The Morgan fingerprint density at radius 2 is 1.79 bits per heavy atom. The highest BCUT2D eigenvalue weighted by atomic mass is 35.5. The van der Waals surface area contributed by atoms with Crippen LogP contribution in [-0.4, -0.2) is 26.4 Å². The second kappa shape index (κ2) is 7.57. The first kappa shape index (κ1) is 18.1. The van der Waals surface area contributed by atoms with Crippen molar-refractivity contribution >= 4 is 22.6 Å². The summed E-state index contributed by atoms with van der Waals surface area (Å²) in [6.45, 7) is 2.61. The first-order valence-corrected chi connectivity index (χ1v) is 7.27. The maximum Gasteiger partial charge on any atom is 0.229 e. The van der Waals surface area contributed by atoms with Gasteiger partial charge in [0.15, 0.2) is 11.6 Å². The average molecular weight is 361 g/mol. The molecule has 0 saturated carbocycles. The number of alkyl halides is 2. The average Bonchev–Trinajstić information content (AvgIpc) is 2.86. The molecule has 0 saturated heterocycles. The third kappa shape index (κ3) is 3.48. The molecule has 0 radical (unpaired) electrons. The molecule has 0 aliphatic rings. The SMILES string of the molecule is CCn1c(C)nc2c(F)cc(-c3nc(Cl)ncc3F)cc21.FCF. The van der Waals surface area contributed by atoms with Crippen molar-refractivity contribution in [1.29, 1.82) is 0 Å². The van der Waals surface area contributed by atoms with Crippen LogP contribution >= 0.6 is 11.6 Å². The summed E-state index contributed by atoms with van der Waals surface area (Å²) >= 11 is 5.69. The number of nitrogens with zero attached hydrogens (tertiary/aromatic N) is 4. The molecule has 3 aromatic rings. The van der Waals surface area contributed by atoms with E-state index in [0.717, 1.165) is 6.20 Å². The smallest absolute Gasteiger partial charge is 0.229 e. The molecule has 0 fully saturated rings. The Balaban J connectivity index is 0.000000647. The molecule has 2 heterocycles. The van der Waals surface area contributed by atoms with Gasteiger partial charge in [-0.2, -0.15) is 0 Å². The molecule has 9 heteroatoms. The fourth-order valence-electron chi connectivity index (χ4n) is 2.38. The van der Waals surface area contributed by atoms with Crippen LogP contribution in [0.4, 0.5) is 17.6 Å². The quantitative estimate of drug-likeness (QED) is 0.494. The first-order chi connectivity index (χ1) is 11.4. The van der Waals surface area contributed by atoms with Crippen LogP contribution in [0.2, 0.25) is 5.28 Å². The van der Waals surface area contributed by atoms with Crippen LogP contribution < -0.4 is 0 Å². The maximum atomic E-state index is 14.2. The summed E-state index contributed by atoms with van der Waals surface area (Å²) in [6, 6.07) is 2.86. The number of imidazole rings is 1. The van der Waals surface area contributed by atoms with Crippen molar-refractivity contribution in [2.24, 2.45) is 0 Å². The highest BCUT2D eigenvalue weighted by molar-refractivity contribution is 6.28. The first-order valence-electron chi connectivity index (χ1n) is 6.89. The van der Waals surface area contributed by atoms with E-state index in [1.54, 1.807) is 13.0 Å². The normalized spacial score (nSPS) is 10.6. The van der Waals surface area contributed by atoms with Gasteiger partial charge >= 0.3 is 0 Å². The zero-order valence-electron chi connectivity index (χ0n) is 12.8. The lowest BCUT2D eigenvalue weighted by atomic mass is 10.1. The molecule has 4 nitrogen and oxygen atoms in total. The Hall–Kier alpha value is -2.22. The predicted molar refractivity (Wildman–Crippen MR) is 83.2 cm³/mol. The van der Waals surface area contributed by atoms with Gasteiger partial charge in [0.25, 0.3) is 0 Å². The number of hydrogen-bond acceptors (Lipinski definition) is 3. The van der Waals surface area contributed by atoms with Gasteiger partial charge in [-0.15, -0.1) is 0 Å². The lowest BCUT2D eigenvalue weighted by Crippen LogP contribution is -1.98. The molecule has 0 spiro atoms. The molecule has 0 aliphatic carbocycles. The van der Waals surface area contributed by atoms with Crippen molar-refractivity contribution in [2.75, 3.05) is 6.93 Å². The van der Waals surface area contributed by atoms with E-state index in [-0.39, 0.29) is 16.5 Å². The zero-order chi connectivity index (χ0) is 17.9. The summed E-state index contributed by atoms with van der Waals surface area (Å²) in [5.74, 6) is -0.478. The third-order valence-electron chi connectivity index (χ3n) is 3.30. The van der Waals surface area contributed by atoms with Crippen molar-refractivity contribution < 1.29 is 17.6 Å². The largest absolute Gasteiger partial charge is 0.328 e. The molecule has 0 aliphatic heterocycles. The highest BCUT2D eigenvalue weighted by Crippen LogP contribution is 2.28. The van der Waals surface area contributed by atoms with E-state index in [1.165, 1.54) is 6.07 Å². The summed E-state index contributed by atoms with van der Waals surface area (Å²) in [4.78, 5) is 11.6. The number of halogens is 5. The zero-order valence-corrected chi connectivity index (χ0v) is 13.6. The van der Waals surface area contributed by atoms with E-state index in [1.807, 2.05) is 11.5 Å². The van der Waals surface area contributed by atoms with E-state index in [0.29, 0.717) is 23.4 Å². The minimum atomic E-state index is -1.75. The van der Waals surface area contributed by atoms with Gasteiger partial charge in [0.05, 0.1) is 11.7 Å². The van der Waals surface area contributed by atoms with E-state index in [4.69, 9.17) is 11.6 Å². The van der Waals surface area contributed by atoms with Crippen molar-refractivity contribution in [2.45, 2.75) is 20.4 Å². The maximum absolute atomic E-state index is 14.2. The van der Waals surface area contributed by atoms with Gasteiger partial charge in [0.1, 0.15) is 17.0 Å². The second-order valence-corrected chi connectivity index (χ2v) is 5.00. The van der Waals surface area contributed by atoms with Gasteiger partial charge in [0.2, 0.25) is 12.2 Å². The Morgan fingerprint density at radius 3 is 2.42 bits per heavy atom. The lowest BCUT2D eigenvalue weighted by molar-refractivity contribution is 0.295. The Kier molecular flexibility index (Phi) is 5.71. The molecule has 3 rings (SSSR count). The van der Waals surface area contributed by atoms with Crippen molar-refractivity contribution in [3.05, 3.63) is 41.1 Å². The van der Waals surface area contributed by atoms with Gasteiger partial charge in [-0.25, -0.2) is 32.5 Å². The number of benzene rings is 1. The Labute approximate surface area is 140 Å². The lowest BCUT2D eigenvalue weighted by Gasteiger charge is -2.06. The topological polar surface area (TPSA) is 43.6 Å². The van der Waals surface area contributed by atoms with Crippen LogP contribution in [0.25, 0.3) is 22.3 Å². The monoisotopic (exact) mass is 360 g/mol. The van der Waals surface area contributed by atoms with E-state index in [2.05, 4.69) is 15.0 Å². The number of fused-ring (bicyclic) bond motifs is 1. The summed E-state index contributed by atoms with van der Waals surface area (Å²) < 4.78 is 49.2. The molecule has 128 valence electrons. The van der Waals surface area contributed by atoms with Crippen molar-refractivity contribution in [3.63, 3.8) is 0 Å². The molecule has 0 N–H and O–H groups in total. The fourth-order valence-corrected chi connectivity index (χ4v) is 2.51. The number of rotatable bonds is 2. The van der Waals surface area contributed by atoms with Crippen molar-refractivity contribution in [1.82, 2.24) is 19.5 Å². The molecule has 0 unspecified atom stereocenters. The van der Waals surface area contributed by atoms with Crippen LogP contribution in [0.1, 0.15) is 12.7 Å². The standard InChI is InChI=1S/C14H11ClF2N4.CH2F2/c1-3-21-7(2)19-13-9(16)4-8(5-11(13)21)12-10(17)6-18-14(15)20-12;2-1-3/h4-6H,3H2,1-2H3;1H2. The summed E-state index contributed by atoms with van der Waals surface area (Å²) in [6.07, 6.45) is 0.967. The van der Waals surface area contributed by atoms with Crippen LogP contribution in [-0.2, 0) is 6.54 Å². The van der Waals surface area contributed by atoms with E-state index in [9.17, 15) is 17.6 Å². The second-order valence-electron chi connectivity index (χ2n) is 4.67. The van der Waals surface area contributed by atoms with Crippen LogP contribution in [0.3, 0.4) is 0 Å². The molecule has 24 heavy (non-hydrogen) atoms. The fraction of sp³-hybridized carbons (Fsp3) is 0.267. The van der Waals surface area contributed by atoms with Crippen LogP contribution in [0.15, 0.2) is 18.3 Å².